The third-order valence-electron chi connectivity index (χ3n) is 13.0. The lowest BCUT2D eigenvalue weighted by Crippen LogP contribution is -2.75. The molecule has 1 heterocycles. The highest BCUT2D eigenvalue weighted by Gasteiger charge is 2.47. The van der Waals surface area contributed by atoms with Crippen LogP contribution in [0.4, 0.5) is 105 Å². The maximum absolute atomic E-state index is 14.2. The fourth-order valence-electron chi connectivity index (χ4n) is 9.24. The number of rotatable bonds is 9. The second-order valence-corrected chi connectivity index (χ2v) is 18.6. The van der Waals surface area contributed by atoms with Crippen LogP contribution in [0.2, 0.25) is 0 Å². The van der Waals surface area contributed by atoms with Crippen LogP contribution in [0, 0.1) is 0 Å². The van der Waals surface area contributed by atoms with E-state index in [1.165, 1.54) is 0 Å². The Kier molecular flexibility index (Phi) is 16.8. The molecule has 442 valence electrons. The summed E-state index contributed by atoms with van der Waals surface area (Å²) >= 11 is 0. The molecule has 84 heavy (non-hydrogen) atoms. The Labute approximate surface area is 456 Å². The number of carbonyl (C=O) groups excluding carboxylic acids is 2. The maximum atomic E-state index is 14.2. The van der Waals surface area contributed by atoms with E-state index in [9.17, 15) is 115 Å². The maximum Gasteiger partial charge on any atom is 0.416 e. The van der Waals surface area contributed by atoms with Gasteiger partial charge in [-0.05, 0) is 35.0 Å². The van der Waals surface area contributed by atoms with Crippen molar-refractivity contribution in [1.82, 2.24) is 0 Å². The first-order valence-corrected chi connectivity index (χ1v) is 23.4. The van der Waals surface area contributed by atoms with Gasteiger partial charge >= 0.3 is 49.4 Å². The zero-order chi connectivity index (χ0) is 62.6. The molecule has 0 saturated heterocycles. The Balaban J connectivity index is 0.000000309. The Morgan fingerprint density at radius 3 is 0.917 bits per heavy atom. The Morgan fingerprint density at radius 2 is 0.607 bits per heavy atom. The number of benzene rings is 7. The fraction of sp³-hybridized carbons (Fsp3) is 0.161. The van der Waals surface area contributed by atoms with Crippen LogP contribution in [-0.4, -0.2) is 17.7 Å². The van der Waals surface area contributed by atoms with Gasteiger partial charge in [-0.25, -0.2) is 0 Å². The van der Waals surface area contributed by atoms with E-state index < -0.39 is 195 Å². The summed E-state index contributed by atoms with van der Waals surface area (Å²) in [4.78, 5) is 25.3. The smallest absolute Gasteiger partial charge is 0.289 e. The zero-order valence-corrected chi connectivity index (χ0v) is 41.3. The van der Waals surface area contributed by atoms with Gasteiger partial charge in [0, 0.05) is 28.8 Å². The number of pyridine rings is 1. The van der Waals surface area contributed by atoms with E-state index in [2.05, 4.69) is 0 Å². The van der Waals surface area contributed by atoms with Crippen molar-refractivity contribution in [2.45, 2.75) is 56.0 Å². The van der Waals surface area contributed by atoms with Crippen LogP contribution in [0.25, 0.3) is 10.8 Å². The molecule has 0 N–H and O–H groups in total. The molecule has 0 spiro atoms. The van der Waals surface area contributed by atoms with E-state index in [1.54, 1.807) is 41.2 Å². The zero-order valence-electron chi connectivity index (χ0n) is 41.3. The van der Waals surface area contributed by atoms with E-state index >= 15 is 0 Å². The van der Waals surface area contributed by atoms with E-state index in [-0.39, 0.29) is 18.1 Å². The molecule has 7 aromatic carbocycles. The monoisotopic (exact) mass is 1220 g/mol. The van der Waals surface area contributed by atoms with Crippen LogP contribution in [0.5, 0.6) is 0 Å². The molecule has 0 aliphatic carbocycles. The van der Waals surface area contributed by atoms with E-state index in [4.69, 9.17) is 0 Å². The number of hydrogen-bond acceptors (Lipinski definition) is 2. The molecule has 1 aromatic heterocycles. The summed E-state index contributed by atoms with van der Waals surface area (Å²) in [5.74, 6) is 0.0158. The number of fused-ring (bicyclic) bond motifs is 1. The number of halogens is 24. The molecule has 0 saturated carbocycles. The molecule has 28 heteroatoms. The lowest BCUT2D eigenvalue weighted by Gasteiger charge is -2.46. The van der Waals surface area contributed by atoms with Gasteiger partial charge in [0.15, 0.2) is 18.2 Å². The van der Waals surface area contributed by atoms with Gasteiger partial charge in [0.25, 0.3) is 0 Å². The van der Waals surface area contributed by atoms with Gasteiger partial charge in [-0.1, -0.05) is 121 Å². The van der Waals surface area contributed by atoms with Gasteiger partial charge in [0.05, 0.1) is 44.5 Å². The van der Waals surface area contributed by atoms with Crippen molar-refractivity contribution in [3.63, 3.8) is 0 Å². The van der Waals surface area contributed by atoms with Crippen LogP contribution >= 0.6 is 0 Å². The van der Waals surface area contributed by atoms with Crippen molar-refractivity contribution >= 4 is 50.3 Å². The van der Waals surface area contributed by atoms with Gasteiger partial charge in [0.2, 0.25) is 12.3 Å². The third-order valence-corrected chi connectivity index (χ3v) is 13.0. The van der Waals surface area contributed by atoms with Crippen LogP contribution in [0.1, 0.15) is 70.8 Å². The SMILES string of the molecule is FC(F)(F)c1cc([B-](c2cc(C(F)(F)F)cc(C(F)(F)F)c2)(c2cc(C(F)(F)F)cc(C(F)(F)F)c2)c2cc(C(F)(F)F)cc(C(F)(F)F)c2)cc(C(F)(F)F)c1.O=C(C[n+]1ccc(C(=O)c2cccc3ccccc23)cc1)c1ccccc1. The molecule has 0 amide bonds. The van der Waals surface area contributed by atoms with E-state index in [0.717, 1.165) is 10.8 Å². The van der Waals surface area contributed by atoms with Crippen LogP contribution in [0.3, 0.4) is 0 Å². The molecule has 0 aliphatic heterocycles. The summed E-state index contributed by atoms with van der Waals surface area (Å²) in [7, 11) is 0. The molecule has 8 rings (SSSR count). The quantitative estimate of drug-likeness (QED) is 0.0625. The first-order chi connectivity index (χ1) is 38.5. The van der Waals surface area contributed by atoms with Gasteiger partial charge < -0.3 is 0 Å². The minimum Gasteiger partial charge on any atom is -0.289 e. The highest BCUT2D eigenvalue weighted by molar-refractivity contribution is 7.20. The summed E-state index contributed by atoms with van der Waals surface area (Å²) in [5, 5.41) is 1.99. The molecule has 0 unspecified atom stereocenters. The highest BCUT2D eigenvalue weighted by Crippen LogP contribution is 2.41. The minimum atomic E-state index is -6.13. The number of carbonyl (C=O) groups is 2. The summed E-state index contributed by atoms with van der Waals surface area (Å²) < 4.78 is 343. The molecule has 0 bridgehead atoms. The highest BCUT2D eigenvalue weighted by atomic mass is 19.4. The molecule has 0 aliphatic rings. The van der Waals surface area contributed by atoms with Crippen molar-refractivity contribution < 1.29 is 120 Å². The molecule has 0 atom stereocenters. The van der Waals surface area contributed by atoms with Crippen molar-refractivity contribution in [3.05, 3.63) is 231 Å². The van der Waals surface area contributed by atoms with Crippen molar-refractivity contribution in [3.8, 4) is 0 Å². The van der Waals surface area contributed by atoms with E-state index in [1.807, 2.05) is 60.7 Å². The number of Topliss-reactive ketones (excluding diaryl/α,β-unsaturated/α-hetero) is 1. The number of alkyl halides is 24. The number of hydrogen-bond donors (Lipinski definition) is 0. The Morgan fingerprint density at radius 1 is 0.321 bits per heavy atom. The summed E-state index contributed by atoms with van der Waals surface area (Å²) in [5.41, 5.74) is -28.2. The fourth-order valence-corrected chi connectivity index (χ4v) is 9.24. The Hall–Kier alpha value is -8.33. The minimum absolute atomic E-state index is 0.0201. The number of ketones is 2. The molecule has 8 aromatic rings. The van der Waals surface area contributed by atoms with Crippen molar-refractivity contribution in [2.24, 2.45) is 0 Å². The topological polar surface area (TPSA) is 38.0 Å². The standard InChI is InChI=1S/C32H12BF24.C24H18NO2/c34-25(35,36)13-1-14(26(37,38)39)6-21(5-13)33(22-7-15(27(40,41)42)2-16(8-22)28(43,44)45,23-9-17(29(46,47)48)3-18(10-23)30(49,50)51)24-11-19(31(52,53)54)4-20(12-24)32(55,56)57;26-23(19-8-2-1-3-9-19)17-25-15-13-20(14-16-25)24(27)22-12-6-10-18-7-4-5-11-21(18)22/h1-12H;1-16H,17H2/q-1;+1. The average molecular weight is 1220 g/mol. The average Bonchev–Trinajstić information content (AvgIpc) is 0.762. The first kappa shape index (κ1) is 63.3. The van der Waals surface area contributed by atoms with Crippen LogP contribution in [-0.2, 0) is 56.0 Å². The van der Waals surface area contributed by atoms with Crippen molar-refractivity contribution in [2.75, 3.05) is 0 Å². The molecule has 0 radical (unpaired) electrons. The lowest BCUT2D eigenvalue weighted by atomic mass is 9.12. The van der Waals surface area contributed by atoms with Gasteiger partial charge in [0.1, 0.15) is 6.15 Å². The number of nitrogens with zero attached hydrogens (tertiary/aromatic N) is 1. The van der Waals surface area contributed by atoms with E-state index in [0.29, 0.717) is 16.7 Å². The molecule has 3 nitrogen and oxygen atoms in total. The van der Waals surface area contributed by atoms with Crippen molar-refractivity contribution in [1.29, 1.82) is 0 Å². The second-order valence-electron chi connectivity index (χ2n) is 18.6. The predicted molar refractivity (Wildman–Crippen MR) is 255 cm³/mol. The second kappa shape index (κ2) is 22.3. The summed E-state index contributed by atoms with van der Waals surface area (Å²) in [6.07, 6.45) is -51.3. The molecular weight excluding hydrogens is 1190 g/mol. The lowest BCUT2D eigenvalue weighted by molar-refractivity contribution is -0.683. The summed E-state index contributed by atoms with van der Waals surface area (Å²) in [6, 6.07) is 17.5. The normalized spacial score (nSPS) is 13.1. The molecule has 0 fully saturated rings. The summed E-state index contributed by atoms with van der Waals surface area (Å²) in [6.45, 7) is 0.243. The predicted octanol–water partition coefficient (Wildman–Crippen LogP) is 15.5. The van der Waals surface area contributed by atoms with Gasteiger partial charge in [-0.2, -0.15) is 132 Å². The van der Waals surface area contributed by atoms with Gasteiger partial charge in [-0.3, -0.25) is 9.59 Å². The first-order valence-electron chi connectivity index (χ1n) is 23.4. The Bertz CT molecular complexity index is 3300. The number of aromatic nitrogens is 1. The van der Waals surface area contributed by atoms with Gasteiger partial charge in [-0.15, -0.1) is 0 Å². The molecular formula is C56H30BF24NO2. The largest absolute Gasteiger partial charge is 0.416 e. The third kappa shape index (κ3) is 14.0. The van der Waals surface area contributed by atoms with Crippen LogP contribution < -0.4 is 26.4 Å². The van der Waals surface area contributed by atoms with Crippen LogP contribution in [0.15, 0.2) is 170 Å².